The first-order chi connectivity index (χ1) is 8.38. The average molecular weight is 243 g/mol. The van der Waals surface area contributed by atoms with Gasteiger partial charge >= 0.3 is 0 Å². The molecule has 0 N–H and O–H groups in total. The lowest BCUT2D eigenvalue weighted by Crippen LogP contribution is -2.19. The molecule has 84 valence electrons. The zero-order chi connectivity index (χ0) is 11.7. The van der Waals surface area contributed by atoms with Crippen molar-refractivity contribution < 1.29 is 0 Å². The van der Waals surface area contributed by atoms with Gasteiger partial charge in [-0.1, -0.05) is 35.1 Å². The molecule has 0 amide bonds. The Morgan fingerprint density at radius 2 is 2.41 bits per heavy atom. The van der Waals surface area contributed by atoms with E-state index in [9.17, 15) is 0 Å². The van der Waals surface area contributed by atoms with Gasteiger partial charge in [-0.25, -0.2) is 0 Å². The van der Waals surface area contributed by atoms with E-state index in [2.05, 4.69) is 25.3 Å². The van der Waals surface area contributed by atoms with Crippen LogP contribution in [0.25, 0.3) is 16.1 Å². The molecule has 0 atom stereocenters. The second kappa shape index (κ2) is 4.16. The number of benzene rings is 1. The van der Waals surface area contributed by atoms with Gasteiger partial charge in [-0.3, -0.25) is 4.99 Å². The molecule has 5 nitrogen and oxygen atoms in total. The van der Waals surface area contributed by atoms with Crippen molar-refractivity contribution >= 4 is 28.3 Å². The summed E-state index contributed by atoms with van der Waals surface area (Å²) in [6.07, 6.45) is 0. The predicted molar refractivity (Wildman–Crippen MR) is 69.8 cm³/mol. The molecule has 2 heterocycles. The number of aliphatic imine (C=N–C) groups is 1. The van der Waals surface area contributed by atoms with Crippen LogP contribution in [0.5, 0.6) is 0 Å². The van der Waals surface area contributed by atoms with Gasteiger partial charge < -0.3 is 4.90 Å². The standard InChI is InChI=1S/C11H9N5S/c12-15-14-9-3-1-2-8(6-9)10-7-17-11-13-4-5-16(10)11/h1-3,6-7H,4-5H2. The maximum atomic E-state index is 8.44. The highest BCUT2D eigenvalue weighted by atomic mass is 32.2. The summed E-state index contributed by atoms with van der Waals surface area (Å²) in [6, 6.07) is 7.61. The van der Waals surface area contributed by atoms with Crippen molar-refractivity contribution in [1.82, 2.24) is 4.90 Å². The molecule has 6 heteroatoms. The van der Waals surface area contributed by atoms with Gasteiger partial charge in [-0.15, -0.1) is 0 Å². The normalized spacial score (nSPS) is 17.3. The second-order valence-electron chi connectivity index (χ2n) is 3.68. The molecule has 2 aliphatic rings. The van der Waals surface area contributed by atoms with Crippen LogP contribution < -0.4 is 0 Å². The molecule has 3 rings (SSSR count). The summed E-state index contributed by atoms with van der Waals surface area (Å²) in [5, 5.41) is 6.78. The zero-order valence-electron chi connectivity index (χ0n) is 8.95. The molecule has 2 aliphatic heterocycles. The number of fused-ring (bicyclic) bond motifs is 1. The third-order valence-corrected chi connectivity index (χ3v) is 3.57. The van der Waals surface area contributed by atoms with Crippen molar-refractivity contribution in [3.8, 4) is 0 Å². The van der Waals surface area contributed by atoms with Crippen molar-refractivity contribution in [2.24, 2.45) is 10.1 Å². The van der Waals surface area contributed by atoms with Gasteiger partial charge in [0.05, 0.1) is 12.2 Å². The van der Waals surface area contributed by atoms with Crippen LogP contribution in [-0.4, -0.2) is 23.2 Å². The van der Waals surface area contributed by atoms with E-state index in [1.807, 2.05) is 18.2 Å². The second-order valence-corrected chi connectivity index (χ2v) is 4.51. The summed E-state index contributed by atoms with van der Waals surface area (Å²) in [7, 11) is 0. The summed E-state index contributed by atoms with van der Waals surface area (Å²) in [6.45, 7) is 1.79. The Labute approximate surface area is 102 Å². The first-order valence-corrected chi connectivity index (χ1v) is 6.11. The maximum absolute atomic E-state index is 8.44. The van der Waals surface area contributed by atoms with E-state index in [4.69, 9.17) is 5.53 Å². The third kappa shape index (κ3) is 1.77. The Hall–Kier alpha value is -1.91. The van der Waals surface area contributed by atoms with Crippen LogP contribution in [0.3, 0.4) is 0 Å². The van der Waals surface area contributed by atoms with Gasteiger partial charge in [-0.05, 0) is 17.2 Å². The molecular formula is C11H9N5S. The van der Waals surface area contributed by atoms with E-state index in [-0.39, 0.29) is 0 Å². The number of rotatable bonds is 2. The monoisotopic (exact) mass is 243 g/mol. The lowest BCUT2D eigenvalue weighted by molar-refractivity contribution is 0.650. The molecule has 0 aliphatic carbocycles. The van der Waals surface area contributed by atoms with Gasteiger partial charge in [0, 0.05) is 22.6 Å². The van der Waals surface area contributed by atoms with Crippen molar-refractivity contribution in [3.05, 3.63) is 45.7 Å². The number of amidine groups is 1. The summed E-state index contributed by atoms with van der Waals surface area (Å²) in [4.78, 5) is 9.40. The van der Waals surface area contributed by atoms with Crippen LogP contribution in [0.15, 0.2) is 39.8 Å². The quantitative estimate of drug-likeness (QED) is 0.454. The highest BCUT2D eigenvalue weighted by Gasteiger charge is 2.26. The lowest BCUT2D eigenvalue weighted by Gasteiger charge is -2.16. The van der Waals surface area contributed by atoms with Crippen LogP contribution in [0.1, 0.15) is 5.56 Å². The fourth-order valence-electron chi connectivity index (χ4n) is 1.93. The minimum atomic E-state index is 0.639. The molecule has 1 aromatic carbocycles. The third-order valence-electron chi connectivity index (χ3n) is 2.67. The molecule has 17 heavy (non-hydrogen) atoms. The van der Waals surface area contributed by atoms with Crippen molar-refractivity contribution in [3.63, 3.8) is 0 Å². The number of thioether (sulfide) groups is 1. The van der Waals surface area contributed by atoms with E-state index < -0.39 is 0 Å². The minimum Gasteiger partial charge on any atom is -0.318 e. The van der Waals surface area contributed by atoms with Crippen LogP contribution >= 0.6 is 11.8 Å². The fraction of sp³-hybridized carbons (Fsp3) is 0.182. The van der Waals surface area contributed by atoms with E-state index in [0.717, 1.165) is 29.5 Å². The Morgan fingerprint density at radius 1 is 1.47 bits per heavy atom. The molecule has 0 bridgehead atoms. The lowest BCUT2D eigenvalue weighted by atomic mass is 10.1. The largest absolute Gasteiger partial charge is 0.318 e. The first-order valence-electron chi connectivity index (χ1n) is 5.23. The molecular weight excluding hydrogens is 234 g/mol. The molecule has 0 saturated heterocycles. The predicted octanol–water partition coefficient (Wildman–Crippen LogP) is 3.35. The van der Waals surface area contributed by atoms with Crippen LogP contribution in [0, 0.1) is 0 Å². The number of azide groups is 1. The number of hydrogen-bond acceptors (Lipinski definition) is 4. The molecule has 1 aromatic rings. The smallest absolute Gasteiger partial charge is 0.168 e. The average Bonchev–Trinajstić information content (AvgIpc) is 2.91. The Morgan fingerprint density at radius 3 is 3.29 bits per heavy atom. The minimum absolute atomic E-state index is 0.639. The Kier molecular flexibility index (Phi) is 2.51. The fourth-order valence-corrected chi connectivity index (χ4v) is 2.89. The molecule has 0 aromatic heterocycles. The molecule has 0 saturated carbocycles. The molecule has 0 radical (unpaired) electrons. The van der Waals surface area contributed by atoms with Crippen molar-refractivity contribution in [2.75, 3.05) is 13.1 Å². The molecule has 0 fully saturated rings. The summed E-state index contributed by atoms with van der Waals surface area (Å²) >= 11 is 1.65. The topological polar surface area (TPSA) is 64.4 Å². The summed E-state index contributed by atoms with van der Waals surface area (Å²) < 4.78 is 0. The van der Waals surface area contributed by atoms with Crippen molar-refractivity contribution in [1.29, 1.82) is 0 Å². The van der Waals surface area contributed by atoms with Gasteiger partial charge in [-0.2, -0.15) is 0 Å². The Bertz CT molecular complexity index is 571. The molecule has 0 unspecified atom stereocenters. The van der Waals surface area contributed by atoms with E-state index in [0.29, 0.717) is 5.69 Å². The van der Waals surface area contributed by atoms with E-state index >= 15 is 0 Å². The van der Waals surface area contributed by atoms with Gasteiger partial charge in [0.2, 0.25) is 0 Å². The van der Waals surface area contributed by atoms with Crippen molar-refractivity contribution in [2.45, 2.75) is 0 Å². The summed E-state index contributed by atoms with van der Waals surface area (Å²) in [5.41, 5.74) is 11.3. The summed E-state index contributed by atoms with van der Waals surface area (Å²) in [5.74, 6) is 0. The van der Waals surface area contributed by atoms with Crippen LogP contribution in [0.4, 0.5) is 5.69 Å². The van der Waals surface area contributed by atoms with Gasteiger partial charge in [0.1, 0.15) is 0 Å². The SMILES string of the molecule is [N-]=[N+]=Nc1cccc(C2=CSC3=NCCN23)c1. The van der Waals surface area contributed by atoms with Gasteiger partial charge in [0.25, 0.3) is 0 Å². The molecule has 0 spiro atoms. The van der Waals surface area contributed by atoms with Crippen LogP contribution in [0.2, 0.25) is 0 Å². The van der Waals surface area contributed by atoms with E-state index in [1.54, 1.807) is 17.8 Å². The first kappa shape index (κ1) is 10.3. The number of nitrogens with zero attached hydrogens (tertiary/aromatic N) is 5. The zero-order valence-corrected chi connectivity index (χ0v) is 9.76. The Balaban J connectivity index is 1.97. The maximum Gasteiger partial charge on any atom is 0.168 e. The number of hydrogen-bond donors (Lipinski definition) is 0. The van der Waals surface area contributed by atoms with E-state index in [1.165, 1.54) is 0 Å². The van der Waals surface area contributed by atoms with Gasteiger partial charge in [0.15, 0.2) is 5.17 Å². The highest BCUT2D eigenvalue weighted by molar-refractivity contribution is 8.16. The van der Waals surface area contributed by atoms with Crippen LogP contribution in [-0.2, 0) is 0 Å². The highest BCUT2D eigenvalue weighted by Crippen LogP contribution is 2.36.